The number of aromatic nitrogens is 3. The minimum Gasteiger partial charge on any atom is -0.495 e. The van der Waals surface area contributed by atoms with E-state index in [0.29, 0.717) is 30.0 Å². The van der Waals surface area contributed by atoms with Crippen LogP contribution in [0.25, 0.3) is 0 Å². The van der Waals surface area contributed by atoms with Gasteiger partial charge in [0.1, 0.15) is 16.5 Å². The zero-order chi connectivity index (χ0) is 23.3. The van der Waals surface area contributed by atoms with Crippen LogP contribution >= 0.6 is 11.8 Å². The van der Waals surface area contributed by atoms with E-state index in [1.807, 2.05) is 0 Å². The van der Waals surface area contributed by atoms with Crippen molar-refractivity contribution < 1.29 is 22.7 Å². The number of carbonyl (C=O) groups is 1. The number of amides is 1. The van der Waals surface area contributed by atoms with Gasteiger partial charge in [0.05, 0.1) is 26.1 Å². The first-order chi connectivity index (χ1) is 16.0. The topological polar surface area (TPSA) is 127 Å². The van der Waals surface area contributed by atoms with Crippen LogP contribution in [0.5, 0.6) is 5.75 Å². The molecule has 2 heterocycles. The third-order valence-corrected chi connectivity index (χ3v) is 8.60. The predicted molar refractivity (Wildman–Crippen MR) is 124 cm³/mol. The Kier molecular flexibility index (Phi) is 7.89. The highest BCUT2D eigenvalue weighted by atomic mass is 32.2. The van der Waals surface area contributed by atoms with Crippen LogP contribution in [0.4, 0.5) is 5.69 Å². The van der Waals surface area contributed by atoms with E-state index >= 15 is 0 Å². The lowest BCUT2D eigenvalue weighted by molar-refractivity contribution is -0.113. The SMILES string of the molecule is COc1ccc(NC(=O)CSc2n[nH]c(CC3CCCC3)n2)cc1S(=O)(=O)N1CCOCC1. The molecule has 2 aromatic rings. The van der Waals surface area contributed by atoms with E-state index in [9.17, 15) is 13.2 Å². The standard InChI is InChI=1S/C21H29N5O5S2/c1-30-17-7-6-16(13-18(17)33(28,29)26-8-10-31-11-9-26)22-20(27)14-32-21-23-19(24-25-21)12-15-4-2-3-5-15/h6-7,13,15H,2-5,8-12,14H2,1H3,(H,22,27)(H,23,24,25). The first-order valence-electron chi connectivity index (χ1n) is 11.1. The fraction of sp³-hybridized carbons (Fsp3) is 0.571. The maximum Gasteiger partial charge on any atom is 0.246 e. The molecule has 1 aromatic heterocycles. The first kappa shape index (κ1) is 24.0. The average Bonchev–Trinajstić information content (AvgIpc) is 3.51. The molecule has 33 heavy (non-hydrogen) atoms. The van der Waals surface area contributed by atoms with Crippen LogP contribution in [-0.4, -0.2) is 73.0 Å². The molecular weight excluding hydrogens is 466 g/mol. The molecule has 2 N–H and O–H groups in total. The number of methoxy groups -OCH3 is 1. The van der Waals surface area contributed by atoms with Gasteiger partial charge in [0.2, 0.25) is 21.1 Å². The van der Waals surface area contributed by atoms with Crippen molar-refractivity contribution in [2.75, 3.05) is 44.5 Å². The highest BCUT2D eigenvalue weighted by molar-refractivity contribution is 7.99. The Morgan fingerprint density at radius 2 is 2.06 bits per heavy atom. The minimum absolute atomic E-state index is 0.0166. The molecule has 2 aliphatic rings. The van der Waals surface area contributed by atoms with Gasteiger partial charge in [-0.3, -0.25) is 9.89 Å². The zero-order valence-electron chi connectivity index (χ0n) is 18.6. The Labute approximate surface area is 197 Å². The Morgan fingerprint density at radius 1 is 1.30 bits per heavy atom. The molecule has 1 saturated heterocycles. The lowest BCUT2D eigenvalue weighted by Crippen LogP contribution is -2.40. The normalized spacial score (nSPS) is 17.8. The fourth-order valence-corrected chi connectivity index (χ4v) is 6.34. The summed E-state index contributed by atoms with van der Waals surface area (Å²) in [5.74, 6) is 1.58. The van der Waals surface area contributed by atoms with Gasteiger partial charge < -0.3 is 14.8 Å². The lowest BCUT2D eigenvalue weighted by Gasteiger charge is -2.26. The summed E-state index contributed by atoms with van der Waals surface area (Å²) in [5, 5.41) is 10.4. The molecule has 12 heteroatoms. The van der Waals surface area contributed by atoms with E-state index in [2.05, 4.69) is 20.5 Å². The summed E-state index contributed by atoms with van der Waals surface area (Å²) in [6.45, 7) is 1.24. The number of anilines is 1. The molecule has 1 amide bonds. The zero-order valence-corrected chi connectivity index (χ0v) is 20.2. The van der Waals surface area contributed by atoms with Gasteiger partial charge in [0.25, 0.3) is 0 Å². The number of nitrogens with zero attached hydrogens (tertiary/aromatic N) is 3. The van der Waals surface area contributed by atoms with Crippen molar-refractivity contribution in [3.8, 4) is 5.75 Å². The number of rotatable bonds is 9. The number of hydrogen-bond acceptors (Lipinski definition) is 8. The summed E-state index contributed by atoms with van der Waals surface area (Å²) in [7, 11) is -2.36. The Hall–Kier alpha value is -2.15. The van der Waals surface area contributed by atoms with Crippen LogP contribution in [0.3, 0.4) is 0 Å². The van der Waals surface area contributed by atoms with Gasteiger partial charge >= 0.3 is 0 Å². The molecule has 1 aromatic carbocycles. The average molecular weight is 496 g/mol. The molecule has 1 aliphatic heterocycles. The van der Waals surface area contributed by atoms with Gasteiger partial charge in [-0.25, -0.2) is 13.4 Å². The second-order valence-electron chi connectivity index (χ2n) is 8.14. The molecule has 0 spiro atoms. The van der Waals surface area contributed by atoms with E-state index < -0.39 is 10.0 Å². The summed E-state index contributed by atoms with van der Waals surface area (Å²) >= 11 is 1.24. The van der Waals surface area contributed by atoms with E-state index in [1.165, 1.54) is 54.9 Å². The number of carbonyl (C=O) groups excluding carboxylic acids is 1. The van der Waals surface area contributed by atoms with Crippen molar-refractivity contribution in [2.45, 2.75) is 42.2 Å². The molecule has 1 aliphatic carbocycles. The van der Waals surface area contributed by atoms with Crippen LogP contribution in [-0.2, 0) is 26.0 Å². The Balaban J connectivity index is 1.37. The lowest BCUT2D eigenvalue weighted by atomic mass is 10.0. The highest BCUT2D eigenvalue weighted by Gasteiger charge is 2.29. The summed E-state index contributed by atoms with van der Waals surface area (Å²) in [6.07, 6.45) is 5.92. The van der Waals surface area contributed by atoms with Crippen molar-refractivity contribution in [2.24, 2.45) is 5.92 Å². The van der Waals surface area contributed by atoms with Gasteiger partial charge in [0, 0.05) is 25.2 Å². The van der Waals surface area contributed by atoms with Crippen molar-refractivity contribution in [3.63, 3.8) is 0 Å². The predicted octanol–water partition coefficient (Wildman–Crippen LogP) is 2.30. The number of ether oxygens (including phenoxy) is 2. The van der Waals surface area contributed by atoms with E-state index in [-0.39, 0.29) is 35.4 Å². The molecule has 4 rings (SSSR count). The van der Waals surface area contributed by atoms with Gasteiger partial charge in [0.15, 0.2) is 0 Å². The molecule has 1 saturated carbocycles. The molecule has 180 valence electrons. The molecular formula is C21H29N5O5S2. The van der Waals surface area contributed by atoms with Crippen LogP contribution in [0.15, 0.2) is 28.3 Å². The maximum atomic E-state index is 13.1. The Bertz CT molecular complexity index is 1060. The summed E-state index contributed by atoms with van der Waals surface area (Å²) in [5.41, 5.74) is 0.380. The summed E-state index contributed by atoms with van der Waals surface area (Å²) in [4.78, 5) is 17.0. The van der Waals surface area contributed by atoms with Gasteiger partial charge in [-0.15, -0.1) is 5.10 Å². The quantitative estimate of drug-likeness (QED) is 0.508. The van der Waals surface area contributed by atoms with E-state index in [0.717, 1.165) is 12.2 Å². The fourth-order valence-electron chi connectivity index (χ4n) is 4.13. The second kappa shape index (κ2) is 10.9. The van der Waals surface area contributed by atoms with Crippen LogP contribution < -0.4 is 10.1 Å². The molecule has 0 unspecified atom stereocenters. The van der Waals surface area contributed by atoms with Gasteiger partial charge in [-0.05, 0) is 24.1 Å². The van der Waals surface area contributed by atoms with Crippen molar-refractivity contribution >= 4 is 33.4 Å². The Morgan fingerprint density at radius 3 is 2.79 bits per heavy atom. The number of sulfonamides is 1. The number of H-pyrrole nitrogens is 1. The van der Waals surface area contributed by atoms with Gasteiger partial charge in [-0.2, -0.15) is 4.31 Å². The molecule has 2 fully saturated rings. The number of aromatic amines is 1. The molecule has 0 atom stereocenters. The maximum absolute atomic E-state index is 13.1. The van der Waals surface area contributed by atoms with Crippen LogP contribution in [0, 0.1) is 5.92 Å². The summed E-state index contributed by atoms with van der Waals surface area (Å²) < 4.78 is 38.1. The van der Waals surface area contributed by atoms with Gasteiger partial charge in [-0.1, -0.05) is 37.4 Å². The monoisotopic (exact) mass is 495 g/mol. The number of nitrogens with one attached hydrogen (secondary N) is 2. The number of benzene rings is 1. The number of thioether (sulfide) groups is 1. The van der Waals surface area contributed by atoms with Crippen molar-refractivity contribution in [1.82, 2.24) is 19.5 Å². The van der Waals surface area contributed by atoms with Crippen LogP contribution in [0.1, 0.15) is 31.5 Å². The smallest absolute Gasteiger partial charge is 0.246 e. The van der Waals surface area contributed by atoms with E-state index in [4.69, 9.17) is 9.47 Å². The molecule has 0 radical (unpaired) electrons. The highest BCUT2D eigenvalue weighted by Crippen LogP contribution is 2.30. The van der Waals surface area contributed by atoms with Crippen molar-refractivity contribution in [1.29, 1.82) is 0 Å². The first-order valence-corrected chi connectivity index (χ1v) is 13.5. The van der Waals surface area contributed by atoms with Crippen LogP contribution in [0.2, 0.25) is 0 Å². The number of morpholine rings is 1. The third kappa shape index (κ3) is 6.05. The minimum atomic E-state index is -3.78. The second-order valence-corrected chi connectivity index (χ2v) is 11.0. The largest absolute Gasteiger partial charge is 0.495 e. The summed E-state index contributed by atoms with van der Waals surface area (Å²) in [6, 6.07) is 4.59. The third-order valence-electron chi connectivity index (χ3n) is 5.84. The van der Waals surface area contributed by atoms with E-state index in [1.54, 1.807) is 12.1 Å². The number of hydrogen-bond donors (Lipinski definition) is 2. The van der Waals surface area contributed by atoms with Crippen molar-refractivity contribution in [3.05, 3.63) is 24.0 Å². The molecule has 0 bridgehead atoms. The molecule has 10 nitrogen and oxygen atoms in total.